The summed E-state index contributed by atoms with van der Waals surface area (Å²) in [5.74, 6) is -0.0754. The number of hydrogen-bond acceptors (Lipinski definition) is 3. The molecule has 0 spiro atoms. The van der Waals surface area contributed by atoms with Crippen LogP contribution >= 0.6 is 0 Å². The van der Waals surface area contributed by atoms with E-state index in [1.54, 1.807) is 10.9 Å². The number of para-hydroxylation sites is 1. The van der Waals surface area contributed by atoms with Crippen LogP contribution in [0.4, 0.5) is 0 Å². The molecule has 0 bridgehead atoms. The van der Waals surface area contributed by atoms with Crippen LogP contribution in [0.3, 0.4) is 0 Å². The zero-order valence-corrected chi connectivity index (χ0v) is 16.2. The minimum atomic E-state index is -0.174. The fourth-order valence-electron chi connectivity index (χ4n) is 3.50. The number of fused-ring (bicyclic) bond motifs is 1. The lowest BCUT2D eigenvalue weighted by atomic mass is 10.00. The van der Waals surface area contributed by atoms with Gasteiger partial charge in [0.1, 0.15) is 0 Å². The van der Waals surface area contributed by atoms with Gasteiger partial charge in [-0.15, -0.1) is 0 Å². The van der Waals surface area contributed by atoms with Crippen LogP contribution in [0.15, 0.2) is 66.9 Å². The zero-order valence-electron chi connectivity index (χ0n) is 16.2. The summed E-state index contributed by atoms with van der Waals surface area (Å²) in [6.45, 7) is 3.95. The van der Waals surface area contributed by atoms with Crippen molar-refractivity contribution in [3.05, 3.63) is 83.6 Å². The number of aromatic nitrogens is 3. The molecular weight excluding hydrogens is 348 g/mol. The van der Waals surface area contributed by atoms with Gasteiger partial charge in [-0.05, 0) is 49.2 Å². The summed E-state index contributed by atoms with van der Waals surface area (Å²) < 4.78 is 1.80. The molecule has 2 aromatic carbocycles. The average Bonchev–Trinajstić information content (AvgIpc) is 3.13. The summed E-state index contributed by atoms with van der Waals surface area (Å²) in [5, 5.41) is 8.43. The quantitative estimate of drug-likeness (QED) is 0.578. The van der Waals surface area contributed by atoms with Crippen LogP contribution in [-0.4, -0.2) is 20.7 Å². The van der Waals surface area contributed by atoms with Crippen molar-refractivity contribution in [2.75, 3.05) is 0 Å². The number of nitrogens with one attached hydrogen (secondary N) is 1. The van der Waals surface area contributed by atoms with Crippen molar-refractivity contribution in [1.82, 2.24) is 20.1 Å². The Kier molecular flexibility index (Phi) is 4.65. The Labute approximate surface area is 164 Å². The van der Waals surface area contributed by atoms with Crippen LogP contribution in [0, 0.1) is 6.92 Å². The van der Waals surface area contributed by atoms with Crippen molar-refractivity contribution in [2.45, 2.75) is 19.9 Å². The van der Waals surface area contributed by atoms with Crippen molar-refractivity contribution >= 4 is 16.8 Å². The van der Waals surface area contributed by atoms with Gasteiger partial charge in [0, 0.05) is 24.2 Å². The number of amides is 1. The second kappa shape index (κ2) is 7.27. The molecule has 0 unspecified atom stereocenters. The van der Waals surface area contributed by atoms with Crippen LogP contribution in [0.25, 0.3) is 22.3 Å². The summed E-state index contributed by atoms with van der Waals surface area (Å²) in [6.07, 6.45) is 1.76. The molecule has 2 heterocycles. The van der Waals surface area contributed by atoms with Crippen molar-refractivity contribution in [1.29, 1.82) is 0 Å². The third-order valence-electron chi connectivity index (χ3n) is 5.04. The monoisotopic (exact) mass is 370 g/mol. The summed E-state index contributed by atoms with van der Waals surface area (Å²) in [5.41, 5.74) is 5.36. The molecule has 0 aliphatic rings. The molecule has 140 valence electrons. The predicted molar refractivity (Wildman–Crippen MR) is 111 cm³/mol. The summed E-state index contributed by atoms with van der Waals surface area (Å²) in [4.78, 5) is 17.6. The number of hydrogen-bond donors (Lipinski definition) is 1. The van der Waals surface area contributed by atoms with Crippen molar-refractivity contribution in [3.8, 4) is 11.4 Å². The first-order valence-electron chi connectivity index (χ1n) is 9.29. The molecule has 28 heavy (non-hydrogen) atoms. The van der Waals surface area contributed by atoms with E-state index in [1.807, 2.05) is 81.6 Å². The minimum absolute atomic E-state index is 0.0754. The maximum Gasteiger partial charge on any atom is 0.252 e. The van der Waals surface area contributed by atoms with Crippen LogP contribution in [0.1, 0.15) is 34.5 Å². The Morgan fingerprint density at radius 1 is 1.07 bits per heavy atom. The molecule has 0 saturated heterocycles. The Bertz CT molecular complexity index is 1160. The van der Waals surface area contributed by atoms with Gasteiger partial charge >= 0.3 is 0 Å². The zero-order chi connectivity index (χ0) is 19.7. The highest BCUT2D eigenvalue weighted by Gasteiger charge is 2.17. The Balaban J connectivity index is 1.75. The van der Waals surface area contributed by atoms with Gasteiger partial charge in [-0.2, -0.15) is 5.10 Å². The van der Waals surface area contributed by atoms with Gasteiger partial charge in [0.05, 0.1) is 22.9 Å². The first kappa shape index (κ1) is 17.9. The predicted octanol–water partition coefficient (Wildman–Crippen LogP) is 4.43. The van der Waals surface area contributed by atoms with Gasteiger partial charge in [0.2, 0.25) is 0 Å². The molecule has 1 atom stereocenters. The Hall–Kier alpha value is -3.47. The topological polar surface area (TPSA) is 59.8 Å². The van der Waals surface area contributed by atoms with Gasteiger partial charge in [-0.25, -0.2) is 4.98 Å². The molecule has 4 aromatic rings. The summed E-state index contributed by atoms with van der Waals surface area (Å²) in [6, 6.07) is 19.4. The second-order valence-electron chi connectivity index (χ2n) is 6.96. The molecule has 0 aliphatic heterocycles. The smallest absolute Gasteiger partial charge is 0.252 e. The Morgan fingerprint density at radius 3 is 2.57 bits per heavy atom. The minimum Gasteiger partial charge on any atom is -0.345 e. The van der Waals surface area contributed by atoms with Gasteiger partial charge in [0.15, 0.2) is 0 Å². The third kappa shape index (κ3) is 3.27. The second-order valence-corrected chi connectivity index (χ2v) is 6.96. The number of benzene rings is 2. The highest BCUT2D eigenvalue weighted by molar-refractivity contribution is 5.96. The van der Waals surface area contributed by atoms with Crippen molar-refractivity contribution < 1.29 is 4.79 Å². The fraction of sp³-hybridized carbons (Fsp3) is 0.174. The number of rotatable bonds is 4. The van der Waals surface area contributed by atoms with E-state index in [9.17, 15) is 4.79 Å². The summed E-state index contributed by atoms with van der Waals surface area (Å²) >= 11 is 0. The van der Waals surface area contributed by atoms with Crippen LogP contribution in [0.2, 0.25) is 0 Å². The Morgan fingerprint density at radius 2 is 1.82 bits per heavy atom. The first-order valence-corrected chi connectivity index (χ1v) is 9.29. The van der Waals surface area contributed by atoms with E-state index < -0.39 is 0 Å². The molecule has 2 aromatic heterocycles. The SMILES string of the molecule is Cc1ccccc1C(=O)N[C@H](C)c1cc(-c2ccnn2C)nc2ccccc12. The molecule has 5 nitrogen and oxygen atoms in total. The standard InChI is InChI=1S/C23H22N4O/c1-15-8-4-5-9-17(15)23(28)25-16(2)19-14-21(22-12-13-24-27(22)3)26-20-11-7-6-10-18(19)20/h4-14,16H,1-3H3,(H,25,28)/t16-/m1/s1. The van der Waals surface area contributed by atoms with Crippen molar-refractivity contribution in [2.24, 2.45) is 7.05 Å². The van der Waals surface area contributed by atoms with E-state index >= 15 is 0 Å². The number of carbonyl (C=O) groups is 1. The first-order chi connectivity index (χ1) is 13.5. The third-order valence-corrected chi connectivity index (χ3v) is 5.04. The van der Waals surface area contributed by atoms with E-state index in [4.69, 9.17) is 4.98 Å². The van der Waals surface area contributed by atoms with Gasteiger partial charge in [-0.3, -0.25) is 9.48 Å². The van der Waals surface area contributed by atoms with Crippen LogP contribution in [0.5, 0.6) is 0 Å². The van der Waals surface area contributed by atoms with Gasteiger partial charge < -0.3 is 5.32 Å². The molecular formula is C23H22N4O. The van der Waals surface area contributed by atoms with E-state index in [-0.39, 0.29) is 11.9 Å². The molecule has 4 rings (SSSR count). The molecule has 0 fully saturated rings. The molecule has 0 aliphatic carbocycles. The fourth-order valence-corrected chi connectivity index (χ4v) is 3.50. The largest absolute Gasteiger partial charge is 0.345 e. The van der Waals surface area contributed by atoms with E-state index in [1.165, 1.54) is 0 Å². The summed E-state index contributed by atoms with van der Waals surface area (Å²) in [7, 11) is 1.90. The molecule has 5 heteroatoms. The molecule has 1 amide bonds. The lowest BCUT2D eigenvalue weighted by Gasteiger charge is -2.18. The average molecular weight is 370 g/mol. The molecule has 0 radical (unpaired) electrons. The van der Waals surface area contributed by atoms with Gasteiger partial charge in [-0.1, -0.05) is 36.4 Å². The number of aryl methyl sites for hydroxylation is 2. The van der Waals surface area contributed by atoms with Crippen LogP contribution < -0.4 is 5.32 Å². The molecule has 1 N–H and O–H groups in total. The number of carbonyl (C=O) groups excluding carboxylic acids is 1. The van der Waals surface area contributed by atoms with E-state index in [2.05, 4.69) is 10.4 Å². The van der Waals surface area contributed by atoms with Crippen molar-refractivity contribution in [3.63, 3.8) is 0 Å². The normalized spacial score (nSPS) is 12.1. The number of nitrogens with zero attached hydrogens (tertiary/aromatic N) is 3. The maximum atomic E-state index is 12.8. The van der Waals surface area contributed by atoms with Crippen LogP contribution in [-0.2, 0) is 7.05 Å². The highest BCUT2D eigenvalue weighted by atomic mass is 16.1. The van der Waals surface area contributed by atoms with E-state index in [0.29, 0.717) is 5.56 Å². The lowest BCUT2D eigenvalue weighted by Crippen LogP contribution is -2.27. The molecule has 0 saturated carbocycles. The van der Waals surface area contributed by atoms with E-state index in [0.717, 1.165) is 33.4 Å². The lowest BCUT2D eigenvalue weighted by molar-refractivity contribution is 0.0939. The van der Waals surface area contributed by atoms with Gasteiger partial charge in [0.25, 0.3) is 5.91 Å². The highest BCUT2D eigenvalue weighted by Crippen LogP contribution is 2.28. The number of pyridine rings is 1. The maximum absolute atomic E-state index is 12.8.